The van der Waals surface area contributed by atoms with Gasteiger partial charge < -0.3 is 15.1 Å². The Labute approximate surface area is 140 Å². The molecule has 1 N–H and O–H groups in total. The standard InChI is InChI=1S/C19H31N3O/c1-14(2)16-7-6-8-17(15(3)4)19(16)20-13-18(23)22-11-9-21(5)10-12-22/h6-8,14-15,20H,9-13H2,1-5H3. The van der Waals surface area contributed by atoms with E-state index in [1.807, 2.05) is 4.90 Å². The Morgan fingerprint density at radius 3 is 2.04 bits per heavy atom. The lowest BCUT2D eigenvalue weighted by Gasteiger charge is -2.32. The van der Waals surface area contributed by atoms with E-state index in [1.165, 1.54) is 11.1 Å². The van der Waals surface area contributed by atoms with Gasteiger partial charge in [0.05, 0.1) is 6.54 Å². The zero-order valence-electron chi connectivity index (χ0n) is 15.2. The molecule has 0 atom stereocenters. The van der Waals surface area contributed by atoms with Crippen molar-refractivity contribution in [2.45, 2.75) is 39.5 Å². The number of carbonyl (C=O) groups excluding carboxylic acids is 1. The van der Waals surface area contributed by atoms with Gasteiger partial charge in [0.2, 0.25) is 5.91 Å². The third-order valence-electron chi connectivity index (χ3n) is 4.65. The monoisotopic (exact) mass is 317 g/mol. The largest absolute Gasteiger partial charge is 0.376 e. The van der Waals surface area contributed by atoms with Gasteiger partial charge in [-0.2, -0.15) is 0 Å². The van der Waals surface area contributed by atoms with Crippen LogP contribution in [0, 0.1) is 0 Å². The van der Waals surface area contributed by atoms with Crippen molar-refractivity contribution in [2.24, 2.45) is 0 Å². The topological polar surface area (TPSA) is 35.6 Å². The molecule has 1 fully saturated rings. The summed E-state index contributed by atoms with van der Waals surface area (Å²) in [6, 6.07) is 6.45. The number of nitrogens with one attached hydrogen (secondary N) is 1. The number of para-hydroxylation sites is 1. The van der Waals surface area contributed by atoms with E-state index in [2.05, 4.69) is 63.2 Å². The number of benzene rings is 1. The van der Waals surface area contributed by atoms with Crippen molar-refractivity contribution < 1.29 is 4.79 Å². The summed E-state index contributed by atoms with van der Waals surface area (Å²) in [5, 5.41) is 3.45. The first-order valence-corrected chi connectivity index (χ1v) is 8.73. The van der Waals surface area contributed by atoms with Gasteiger partial charge in [-0.15, -0.1) is 0 Å². The van der Waals surface area contributed by atoms with E-state index in [4.69, 9.17) is 0 Å². The number of hydrogen-bond acceptors (Lipinski definition) is 3. The Kier molecular flexibility index (Phi) is 6.05. The number of nitrogens with zero attached hydrogens (tertiary/aromatic N) is 2. The number of hydrogen-bond donors (Lipinski definition) is 1. The van der Waals surface area contributed by atoms with Gasteiger partial charge in [0, 0.05) is 31.9 Å². The first kappa shape index (κ1) is 17.8. The Morgan fingerprint density at radius 1 is 1.04 bits per heavy atom. The SMILES string of the molecule is CC(C)c1cccc(C(C)C)c1NCC(=O)N1CCN(C)CC1. The number of likely N-dealkylation sites (N-methyl/N-ethyl adjacent to an activating group) is 1. The van der Waals surface area contributed by atoms with Gasteiger partial charge in [0.15, 0.2) is 0 Å². The summed E-state index contributed by atoms with van der Waals surface area (Å²) in [4.78, 5) is 16.7. The first-order valence-electron chi connectivity index (χ1n) is 8.73. The molecule has 1 saturated heterocycles. The molecule has 23 heavy (non-hydrogen) atoms. The second-order valence-electron chi connectivity index (χ2n) is 7.16. The van der Waals surface area contributed by atoms with Crippen molar-refractivity contribution in [2.75, 3.05) is 45.1 Å². The van der Waals surface area contributed by atoms with Crippen molar-refractivity contribution in [1.29, 1.82) is 0 Å². The third kappa shape index (κ3) is 4.47. The molecule has 0 unspecified atom stereocenters. The van der Waals surface area contributed by atoms with Crippen molar-refractivity contribution in [3.63, 3.8) is 0 Å². The highest BCUT2D eigenvalue weighted by atomic mass is 16.2. The Morgan fingerprint density at radius 2 is 1.57 bits per heavy atom. The highest BCUT2D eigenvalue weighted by Crippen LogP contribution is 2.32. The van der Waals surface area contributed by atoms with Crippen molar-refractivity contribution >= 4 is 11.6 Å². The highest BCUT2D eigenvalue weighted by molar-refractivity contribution is 5.81. The van der Waals surface area contributed by atoms with Crippen LogP contribution in [0.15, 0.2) is 18.2 Å². The minimum Gasteiger partial charge on any atom is -0.376 e. The van der Waals surface area contributed by atoms with Crippen LogP contribution >= 0.6 is 0 Å². The average Bonchev–Trinajstić information content (AvgIpc) is 2.52. The summed E-state index contributed by atoms with van der Waals surface area (Å²) in [5.41, 5.74) is 3.74. The molecule has 0 aliphatic carbocycles. The van der Waals surface area contributed by atoms with Crippen molar-refractivity contribution in [1.82, 2.24) is 9.80 Å². The van der Waals surface area contributed by atoms with Crippen molar-refractivity contribution in [3.05, 3.63) is 29.3 Å². The smallest absolute Gasteiger partial charge is 0.241 e. The summed E-state index contributed by atoms with van der Waals surface area (Å²) >= 11 is 0. The number of piperazine rings is 1. The third-order valence-corrected chi connectivity index (χ3v) is 4.65. The summed E-state index contributed by atoms with van der Waals surface area (Å²) in [5.74, 6) is 1.08. The van der Waals surface area contributed by atoms with Crippen molar-refractivity contribution in [3.8, 4) is 0 Å². The lowest BCUT2D eigenvalue weighted by atomic mass is 9.92. The molecule has 0 aromatic heterocycles. The zero-order chi connectivity index (χ0) is 17.0. The highest BCUT2D eigenvalue weighted by Gasteiger charge is 2.20. The van der Waals surface area contributed by atoms with Gasteiger partial charge in [-0.3, -0.25) is 4.79 Å². The summed E-state index contributed by atoms with van der Waals surface area (Å²) < 4.78 is 0. The molecule has 1 aromatic rings. The summed E-state index contributed by atoms with van der Waals surface area (Å²) in [6.45, 7) is 12.8. The summed E-state index contributed by atoms with van der Waals surface area (Å²) in [7, 11) is 2.11. The van der Waals surface area contributed by atoms with E-state index in [0.29, 0.717) is 18.4 Å². The number of carbonyl (C=O) groups is 1. The van der Waals surface area contributed by atoms with Crippen LogP contribution in [0.25, 0.3) is 0 Å². The minimum atomic E-state index is 0.200. The summed E-state index contributed by atoms with van der Waals surface area (Å²) in [6.07, 6.45) is 0. The van der Waals surface area contributed by atoms with Crippen LogP contribution in [0.5, 0.6) is 0 Å². The normalized spacial score (nSPS) is 16.2. The van der Waals surface area contributed by atoms with Gasteiger partial charge in [0.25, 0.3) is 0 Å². The molecule has 1 amide bonds. The molecule has 1 aliphatic heterocycles. The molecule has 128 valence electrons. The van der Waals surface area contributed by atoms with Crippen LogP contribution in [0.2, 0.25) is 0 Å². The maximum Gasteiger partial charge on any atom is 0.241 e. The fourth-order valence-electron chi connectivity index (χ4n) is 3.09. The lowest BCUT2D eigenvalue weighted by molar-refractivity contribution is -0.130. The minimum absolute atomic E-state index is 0.200. The van der Waals surface area contributed by atoms with Gasteiger partial charge in [-0.1, -0.05) is 45.9 Å². The molecule has 4 heteroatoms. The molecule has 0 spiro atoms. The van der Waals surface area contributed by atoms with Crippen LogP contribution in [0.1, 0.15) is 50.7 Å². The Bertz CT molecular complexity index is 505. The average molecular weight is 317 g/mol. The van der Waals surface area contributed by atoms with Crippen LogP contribution in [0.3, 0.4) is 0 Å². The van der Waals surface area contributed by atoms with Crippen LogP contribution in [-0.4, -0.2) is 55.5 Å². The molecule has 1 heterocycles. The van der Waals surface area contributed by atoms with E-state index in [-0.39, 0.29) is 5.91 Å². The first-order chi connectivity index (χ1) is 10.9. The van der Waals surface area contributed by atoms with E-state index in [0.717, 1.165) is 31.9 Å². The fraction of sp³-hybridized carbons (Fsp3) is 0.632. The number of rotatable bonds is 5. The molecule has 0 bridgehead atoms. The van der Waals surface area contributed by atoms with E-state index in [9.17, 15) is 4.79 Å². The fourth-order valence-corrected chi connectivity index (χ4v) is 3.09. The zero-order valence-corrected chi connectivity index (χ0v) is 15.2. The molecule has 2 rings (SSSR count). The molecule has 1 aromatic carbocycles. The lowest BCUT2D eigenvalue weighted by Crippen LogP contribution is -2.48. The molecule has 0 saturated carbocycles. The molecule has 1 aliphatic rings. The van der Waals surface area contributed by atoms with Gasteiger partial charge in [-0.05, 0) is 30.0 Å². The maximum atomic E-state index is 12.5. The second-order valence-corrected chi connectivity index (χ2v) is 7.16. The van der Waals surface area contributed by atoms with Gasteiger partial charge in [-0.25, -0.2) is 0 Å². The predicted octanol–water partition coefficient (Wildman–Crippen LogP) is 3.12. The van der Waals surface area contributed by atoms with Gasteiger partial charge in [0.1, 0.15) is 0 Å². The molecular formula is C19H31N3O. The Hall–Kier alpha value is -1.55. The van der Waals surface area contributed by atoms with E-state index >= 15 is 0 Å². The van der Waals surface area contributed by atoms with Crippen LogP contribution < -0.4 is 5.32 Å². The second kappa shape index (κ2) is 7.82. The molecule has 4 nitrogen and oxygen atoms in total. The molecule has 0 radical (unpaired) electrons. The molecular weight excluding hydrogens is 286 g/mol. The predicted molar refractivity (Wildman–Crippen MR) is 97.2 cm³/mol. The number of anilines is 1. The number of amides is 1. The van der Waals surface area contributed by atoms with Crippen LogP contribution in [-0.2, 0) is 4.79 Å². The van der Waals surface area contributed by atoms with E-state index < -0.39 is 0 Å². The maximum absolute atomic E-state index is 12.5. The van der Waals surface area contributed by atoms with E-state index in [1.54, 1.807) is 0 Å². The van der Waals surface area contributed by atoms with Gasteiger partial charge >= 0.3 is 0 Å². The van der Waals surface area contributed by atoms with Crippen LogP contribution in [0.4, 0.5) is 5.69 Å². The quantitative estimate of drug-likeness (QED) is 0.906. The Balaban J connectivity index is 2.08.